The minimum Gasteiger partial charge on any atom is -0.458 e. The Balaban J connectivity index is 4.96. The van der Waals surface area contributed by atoms with Crippen LogP contribution in [0.5, 0.6) is 0 Å². The lowest BCUT2D eigenvalue weighted by atomic mass is 10.1. The number of unbranched alkanes of at least 4 members (excludes halogenated alkanes) is 2. The van der Waals surface area contributed by atoms with Gasteiger partial charge in [-0.15, -0.1) is 0 Å². The number of esters is 1. The van der Waals surface area contributed by atoms with Crippen LogP contribution in [0.3, 0.4) is 0 Å². The maximum absolute atomic E-state index is 12.6. The quantitative estimate of drug-likeness (QED) is 0.151. The molecule has 0 aliphatic carbocycles. The molecule has 0 aromatic carbocycles. The van der Waals surface area contributed by atoms with Crippen molar-refractivity contribution in [3.8, 4) is 0 Å². The van der Waals surface area contributed by atoms with Crippen LogP contribution in [0.1, 0.15) is 72.6 Å². The van der Waals surface area contributed by atoms with Crippen molar-refractivity contribution in [3.63, 3.8) is 0 Å². The van der Waals surface area contributed by atoms with Crippen molar-refractivity contribution < 1.29 is 33.4 Å². The highest BCUT2D eigenvalue weighted by Gasteiger charge is 2.28. The number of carbonyl (C=O) groups is 5. The van der Waals surface area contributed by atoms with Gasteiger partial charge in [-0.1, -0.05) is 13.3 Å². The highest BCUT2D eigenvalue weighted by Crippen LogP contribution is 2.11. The van der Waals surface area contributed by atoms with Crippen molar-refractivity contribution in [2.75, 3.05) is 19.7 Å². The highest BCUT2D eigenvalue weighted by atomic mass is 16.6. The van der Waals surface area contributed by atoms with Crippen molar-refractivity contribution in [2.24, 2.45) is 11.5 Å². The summed E-state index contributed by atoms with van der Waals surface area (Å²) in [7, 11) is 0. The molecule has 34 heavy (non-hydrogen) atoms. The molecule has 0 aromatic heterocycles. The number of hydrogen-bond donors (Lipinski definition) is 5. The number of hydrogen-bond acceptors (Lipinski definition) is 8. The minimum absolute atomic E-state index is 0.0448. The molecule has 2 atom stereocenters. The van der Waals surface area contributed by atoms with E-state index in [9.17, 15) is 24.0 Å². The molecule has 4 amide bonds. The molecule has 0 spiro atoms. The van der Waals surface area contributed by atoms with Crippen LogP contribution in [0.15, 0.2) is 0 Å². The average Bonchev–Trinajstić information content (AvgIpc) is 2.73. The zero-order valence-electron chi connectivity index (χ0n) is 20.7. The third-order valence-corrected chi connectivity index (χ3v) is 4.42. The molecule has 196 valence electrons. The minimum atomic E-state index is -1.11. The van der Waals surface area contributed by atoms with Gasteiger partial charge >= 0.3 is 12.1 Å². The fourth-order valence-corrected chi connectivity index (χ4v) is 2.70. The van der Waals surface area contributed by atoms with Gasteiger partial charge < -0.3 is 36.9 Å². The first kappa shape index (κ1) is 31.1. The molecule has 0 rings (SSSR count). The van der Waals surface area contributed by atoms with E-state index in [0.717, 1.165) is 6.42 Å². The van der Waals surface area contributed by atoms with Crippen molar-refractivity contribution in [3.05, 3.63) is 0 Å². The molecule has 12 heteroatoms. The molecule has 0 aliphatic rings. The van der Waals surface area contributed by atoms with E-state index in [1.807, 2.05) is 6.92 Å². The van der Waals surface area contributed by atoms with Crippen molar-refractivity contribution in [1.29, 1.82) is 0 Å². The number of carbonyl (C=O) groups excluding carboxylic acids is 5. The fourth-order valence-electron chi connectivity index (χ4n) is 2.70. The molecule has 0 unspecified atom stereocenters. The largest absolute Gasteiger partial charge is 0.458 e. The molecule has 7 N–H and O–H groups in total. The van der Waals surface area contributed by atoms with Crippen LogP contribution in [0.2, 0.25) is 0 Å². The third kappa shape index (κ3) is 15.8. The maximum Gasteiger partial charge on any atom is 0.407 e. The van der Waals surface area contributed by atoms with E-state index in [0.29, 0.717) is 32.2 Å². The summed E-state index contributed by atoms with van der Waals surface area (Å²) in [6.07, 6.45) is 2.21. The fraction of sp³-hybridized carbons (Fsp3) is 0.773. The highest BCUT2D eigenvalue weighted by molar-refractivity contribution is 5.91. The first-order valence-corrected chi connectivity index (χ1v) is 11.6. The van der Waals surface area contributed by atoms with Crippen LogP contribution in [0.25, 0.3) is 0 Å². The van der Waals surface area contributed by atoms with E-state index in [-0.39, 0.29) is 19.4 Å². The number of ether oxygens (including phenoxy) is 2. The van der Waals surface area contributed by atoms with E-state index in [1.54, 1.807) is 20.8 Å². The van der Waals surface area contributed by atoms with E-state index in [4.69, 9.17) is 20.9 Å². The van der Waals surface area contributed by atoms with Crippen LogP contribution in [-0.4, -0.2) is 67.2 Å². The molecule has 0 bridgehead atoms. The van der Waals surface area contributed by atoms with Gasteiger partial charge in [-0.05, 0) is 59.4 Å². The molecule has 0 heterocycles. The second-order valence-electron chi connectivity index (χ2n) is 8.85. The molecule has 12 nitrogen and oxygen atoms in total. The zero-order chi connectivity index (χ0) is 26.1. The first-order valence-electron chi connectivity index (χ1n) is 11.6. The molecule has 0 aromatic rings. The maximum atomic E-state index is 12.6. The number of nitrogens with two attached hydrogens (primary N) is 2. The van der Waals surface area contributed by atoms with Crippen LogP contribution >= 0.6 is 0 Å². The van der Waals surface area contributed by atoms with Crippen molar-refractivity contribution in [2.45, 2.75) is 90.3 Å². The van der Waals surface area contributed by atoms with Gasteiger partial charge in [-0.2, -0.15) is 0 Å². The SMILES string of the molecule is CCCCOC(=O)N[C@@H](CCCCN)C(=O)NCC(=O)N[C@@H](CCC(N)=O)C(=O)OC(C)(C)C. The van der Waals surface area contributed by atoms with E-state index in [1.165, 1.54) is 0 Å². The van der Waals surface area contributed by atoms with Gasteiger partial charge in [0, 0.05) is 6.42 Å². The lowest BCUT2D eigenvalue weighted by Crippen LogP contribution is -2.51. The third-order valence-electron chi connectivity index (χ3n) is 4.42. The van der Waals surface area contributed by atoms with Gasteiger partial charge in [0.1, 0.15) is 17.7 Å². The second kappa shape index (κ2) is 16.7. The summed E-state index contributed by atoms with van der Waals surface area (Å²) in [5.74, 6) is -2.59. The Labute approximate surface area is 201 Å². The summed E-state index contributed by atoms with van der Waals surface area (Å²) >= 11 is 0. The molecule has 0 aliphatic heterocycles. The van der Waals surface area contributed by atoms with Gasteiger partial charge in [0.2, 0.25) is 17.7 Å². The van der Waals surface area contributed by atoms with Crippen LogP contribution in [0, 0.1) is 0 Å². The molecular formula is C22H41N5O7. The molecule has 0 radical (unpaired) electrons. The number of amides is 4. The lowest BCUT2D eigenvalue weighted by molar-refractivity contribution is -0.158. The summed E-state index contributed by atoms with van der Waals surface area (Å²) in [5.41, 5.74) is 9.84. The predicted molar refractivity (Wildman–Crippen MR) is 125 cm³/mol. The molecule has 0 saturated heterocycles. The topological polar surface area (TPSA) is 192 Å². The summed E-state index contributed by atoms with van der Waals surface area (Å²) in [4.78, 5) is 60.4. The van der Waals surface area contributed by atoms with Crippen molar-refractivity contribution >= 4 is 29.8 Å². The summed E-state index contributed by atoms with van der Waals surface area (Å²) in [5, 5.41) is 7.40. The van der Waals surface area contributed by atoms with Gasteiger partial charge in [0.15, 0.2) is 0 Å². The Kier molecular flexibility index (Phi) is 15.3. The predicted octanol–water partition coefficient (Wildman–Crippen LogP) is 0.219. The van der Waals surface area contributed by atoms with Gasteiger partial charge in [0.25, 0.3) is 0 Å². The first-order chi connectivity index (χ1) is 15.9. The van der Waals surface area contributed by atoms with Crippen LogP contribution < -0.4 is 27.4 Å². The Morgan fingerprint density at radius 1 is 0.941 bits per heavy atom. The summed E-state index contributed by atoms with van der Waals surface area (Å²) in [6.45, 7) is 7.19. The van der Waals surface area contributed by atoms with E-state index >= 15 is 0 Å². The molecule has 0 fully saturated rings. The van der Waals surface area contributed by atoms with Crippen LogP contribution in [0.4, 0.5) is 4.79 Å². The summed E-state index contributed by atoms with van der Waals surface area (Å²) in [6, 6.07) is -2.02. The Hall–Kier alpha value is -2.89. The number of nitrogens with one attached hydrogen (secondary N) is 3. The summed E-state index contributed by atoms with van der Waals surface area (Å²) < 4.78 is 10.3. The second-order valence-corrected chi connectivity index (χ2v) is 8.85. The standard InChI is InChI=1S/C22H41N5O7/c1-5-6-13-33-21(32)27-15(9-7-8-12-23)19(30)25-14-18(29)26-16(10-11-17(24)28)20(31)34-22(2,3)4/h15-16H,5-14,23H2,1-4H3,(H2,24,28)(H,25,30)(H,26,29)(H,27,32)/t15-,16-/m0/s1. The Bertz CT molecular complexity index is 679. The van der Waals surface area contributed by atoms with Gasteiger partial charge in [-0.25, -0.2) is 9.59 Å². The number of rotatable bonds is 16. The number of primary amides is 1. The number of alkyl carbamates (subject to hydrolysis) is 1. The molecular weight excluding hydrogens is 446 g/mol. The Morgan fingerprint density at radius 2 is 1.62 bits per heavy atom. The van der Waals surface area contributed by atoms with Gasteiger partial charge in [-0.3, -0.25) is 14.4 Å². The Morgan fingerprint density at radius 3 is 2.18 bits per heavy atom. The lowest BCUT2D eigenvalue weighted by Gasteiger charge is -2.24. The van der Waals surface area contributed by atoms with E-state index in [2.05, 4.69) is 16.0 Å². The monoisotopic (exact) mass is 487 g/mol. The average molecular weight is 488 g/mol. The van der Waals surface area contributed by atoms with Crippen molar-refractivity contribution in [1.82, 2.24) is 16.0 Å². The normalized spacial score (nSPS) is 12.7. The van der Waals surface area contributed by atoms with Crippen LogP contribution in [-0.2, 0) is 28.7 Å². The smallest absolute Gasteiger partial charge is 0.407 e. The molecule has 0 saturated carbocycles. The van der Waals surface area contributed by atoms with E-state index < -0.39 is 54.0 Å². The van der Waals surface area contributed by atoms with Gasteiger partial charge in [0.05, 0.1) is 13.2 Å². The zero-order valence-corrected chi connectivity index (χ0v) is 20.7.